The molecule has 0 rings (SSSR count). The van der Waals surface area contributed by atoms with Crippen LogP contribution in [0.25, 0.3) is 0 Å². The van der Waals surface area contributed by atoms with Crippen LogP contribution in [0.15, 0.2) is 30.6 Å². The summed E-state index contributed by atoms with van der Waals surface area (Å²) in [4.78, 5) is 44.4. The molecule has 0 atom stereocenters. The van der Waals surface area contributed by atoms with Crippen LogP contribution in [0.3, 0.4) is 0 Å². The summed E-state index contributed by atoms with van der Waals surface area (Å²) in [5, 5.41) is 9.28. The molecule has 124 valence electrons. The zero-order chi connectivity index (χ0) is 18.0. The van der Waals surface area contributed by atoms with E-state index < -0.39 is 12.1 Å². The zero-order valence-electron chi connectivity index (χ0n) is 13.1. The normalized spacial score (nSPS) is 7.09. The Morgan fingerprint density at radius 3 is 1.73 bits per heavy atom. The van der Waals surface area contributed by atoms with Gasteiger partial charge >= 0.3 is 18.1 Å². The number of hydrogen-bond acceptors (Lipinski definition) is 5. The lowest BCUT2D eigenvalue weighted by Gasteiger charge is -2.13. The summed E-state index contributed by atoms with van der Waals surface area (Å²) in [6.45, 7) is 6.40. The van der Waals surface area contributed by atoms with Gasteiger partial charge in [0.2, 0.25) is 6.08 Å². The lowest BCUT2D eigenvalue weighted by atomic mass is 10.7. The third-order valence-corrected chi connectivity index (χ3v) is 1.65. The molecule has 0 unspecified atom stereocenters. The van der Waals surface area contributed by atoms with E-state index >= 15 is 0 Å². The molecule has 0 aliphatic rings. The molecule has 4 N–H and O–H groups in total. The molecule has 0 bridgehead atoms. The predicted molar refractivity (Wildman–Crippen MR) is 82.8 cm³/mol. The number of hydrogen-bond donors (Lipinski definition) is 4. The first-order valence-electron chi connectivity index (χ1n) is 5.80. The van der Waals surface area contributed by atoms with Crippen LogP contribution in [-0.4, -0.2) is 57.3 Å². The van der Waals surface area contributed by atoms with Gasteiger partial charge in [0.25, 0.3) is 0 Å². The van der Waals surface area contributed by atoms with Crippen LogP contribution in [-0.2, 0) is 4.79 Å². The van der Waals surface area contributed by atoms with E-state index in [4.69, 9.17) is 4.79 Å². The van der Waals surface area contributed by atoms with E-state index in [-0.39, 0.29) is 6.03 Å². The predicted octanol–water partition coefficient (Wildman–Crippen LogP) is 0.122. The highest BCUT2D eigenvalue weighted by Crippen LogP contribution is 1.83. The van der Waals surface area contributed by atoms with Gasteiger partial charge in [0, 0.05) is 34.4 Å². The van der Waals surface area contributed by atoms with Crippen LogP contribution in [0.1, 0.15) is 0 Å². The van der Waals surface area contributed by atoms with E-state index in [2.05, 4.69) is 39.4 Å². The number of amides is 6. The Morgan fingerprint density at radius 1 is 1.05 bits per heavy atom. The van der Waals surface area contributed by atoms with Gasteiger partial charge in [0.05, 0.1) is 0 Å². The number of aliphatic imine (C=N–C) groups is 1. The van der Waals surface area contributed by atoms with Crippen molar-refractivity contribution in [1.29, 1.82) is 0 Å². The largest absolute Gasteiger partial charge is 0.341 e. The number of urea groups is 3. The monoisotopic (exact) mass is 314 g/mol. The number of rotatable bonds is 2. The number of isocyanates is 1. The molecule has 0 saturated heterocycles. The number of nitrogens with zero attached hydrogens (tertiary/aromatic N) is 2. The molecule has 0 radical (unpaired) electrons. The van der Waals surface area contributed by atoms with Gasteiger partial charge in [0.15, 0.2) is 0 Å². The third-order valence-electron chi connectivity index (χ3n) is 1.65. The number of nitrogens with one attached hydrogen (secondary N) is 4. The molecule has 10 heteroatoms. The minimum absolute atomic E-state index is 0.157. The van der Waals surface area contributed by atoms with Gasteiger partial charge in [-0.25, -0.2) is 24.1 Å². The fraction of sp³-hybridized carbons (Fsp3) is 0.333. The van der Waals surface area contributed by atoms with Crippen molar-refractivity contribution in [3.63, 3.8) is 0 Å². The molecule has 0 spiro atoms. The molecular formula is C12H22N6O4. The smallest absolute Gasteiger partial charge is 0.329 e. The standard InChI is InChI=1S/C6H11N3O2.C3H8N2O.C3H3NO/c1-4-8-6(11)9(3)5(10)7-2;1-4-3(6)5-2;1-2-4-3-5/h4H,1H2,2-3H3,(H,7,10)(H,8,11);1-2H3,(H2,4,5,6);2H,1H2. The average molecular weight is 314 g/mol. The number of imide groups is 1. The van der Waals surface area contributed by atoms with Crippen molar-refractivity contribution in [2.75, 3.05) is 28.2 Å². The quantitative estimate of drug-likeness (QED) is 0.426. The Labute approximate surface area is 129 Å². The van der Waals surface area contributed by atoms with E-state index in [1.807, 2.05) is 0 Å². The molecule has 0 aliphatic carbocycles. The summed E-state index contributed by atoms with van der Waals surface area (Å²) in [5.41, 5.74) is 0. The van der Waals surface area contributed by atoms with Crippen molar-refractivity contribution in [2.24, 2.45) is 4.99 Å². The van der Waals surface area contributed by atoms with Gasteiger partial charge in [-0.1, -0.05) is 13.2 Å². The van der Waals surface area contributed by atoms with E-state index in [0.29, 0.717) is 0 Å². The second-order valence-corrected chi connectivity index (χ2v) is 3.00. The van der Waals surface area contributed by atoms with Crippen LogP contribution >= 0.6 is 0 Å². The Bertz CT molecular complexity index is 412. The Hall–Kier alpha value is -3.13. The van der Waals surface area contributed by atoms with Gasteiger partial charge in [-0.2, -0.15) is 4.99 Å². The SMILES string of the molecule is C=CN=C=O.C=CNC(=O)N(C)C(=O)NC.CNC(=O)NC. The van der Waals surface area contributed by atoms with Crippen molar-refractivity contribution >= 4 is 24.2 Å². The number of carbonyl (C=O) groups is 3. The van der Waals surface area contributed by atoms with Crippen molar-refractivity contribution < 1.29 is 19.2 Å². The maximum absolute atomic E-state index is 10.8. The van der Waals surface area contributed by atoms with Crippen molar-refractivity contribution in [2.45, 2.75) is 0 Å². The topological polar surface area (TPSA) is 132 Å². The summed E-state index contributed by atoms with van der Waals surface area (Å²) >= 11 is 0. The summed E-state index contributed by atoms with van der Waals surface area (Å²) < 4.78 is 0. The van der Waals surface area contributed by atoms with Gasteiger partial charge in [-0.05, 0) is 6.20 Å². The second-order valence-electron chi connectivity index (χ2n) is 3.00. The molecule has 0 aliphatic heterocycles. The lowest BCUT2D eigenvalue weighted by molar-refractivity contribution is 0.198. The van der Waals surface area contributed by atoms with E-state index in [9.17, 15) is 14.4 Å². The molecule has 22 heavy (non-hydrogen) atoms. The van der Waals surface area contributed by atoms with Crippen LogP contribution < -0.4 is 21.3 Å². The number of carbonyl (C=O) groups excluding carboxylic acids is 4. The van der Waals surface area contributed by atoms with Gasteiger partial charge < -0.3 is 21.3 Å². The Kier molecular flexibility index (Phi) is 19.4. The maximum Gasteiger partial charge on any atom is 0.329 e. The molecule has 10 nitrogen and oxygen atoms in total. The summed E-state index contributed by atoms with van der Waals surface area (Å²) in [6.07, 6.45) is 3.62. The van der Waals surface area contributed by atoms with E-state index in [0.717, 1.165) is 11.1 Å². The van der Waals surface area contributed by atoms with Crippen molar-refractivity contribution in [3.8, 4) is 0 Å². The molecule has 0 saturated carbocycles. The van der Waals surface area contributed by atoms with Crippen molar-refractivity contribution in [3.05, 3.63) is 25.6 Å². The highest BCUT2D eigenvalue weighted by Gasteiger charge is 2.12. The molecule has 0 fully saturated rings. The minimum Gasteiger partial charge on any atom is -0.341 e. The Morgan fingerprint density at radius 2 is 1.55 bits per heavy atom. The highest BCUT2D eigenvalue weighted by molar-refractivity contribution is 5.93. The van der Waals surface area contributed by atoms with E-state index in [1.165, 1.54) is 26.4 Å². The molecule has 6 amide bonds. The van der Waals surface area contributed by atoms with Crippen LogP contribution in [0.4, 0.5) is 14.4 Å². The fourth-order valence-electron chi connectivity index (χ4n) is 0.606. The Balaban J connectivity index is -0.000000277. The molecule has 0 aromatic carbocycles. The average Bonchev–Trinajstić information content (AvgIpc) is 2.54. The highest BCUT2D eigenvalue weighted by atomic mass is 16.2. The fourth-order valence-corrected chi connectivity index (χ4v) is 0.606. The van der Waals surface area contributed by atoms with E-state index in [1.54, 1.807) is 14.1 Å². The van der Waals surface area contributed by atoms with Crippen molar-refractivity contribution in [1.82, 2.24) is 26.2 Å². The molecule has 0 aromatic rings. The van der Waals surface area contributed by atoms with Crippen LogP contribution in [0.5, 0.6) is 0 Å². The van der Waals surface area contributed by atoms with Gasteiger partial charge in [0.1, 0.15) is 0 Å². The summed E-state index contributed by atoms with van der Waals surface area (Å²) in [5.74, 6) is 0. The van der Waals surface area contributed by atoms with Crippen LogP contribution in [0.2, 0.25) is 0 Å². The first-order chi connectivity index (χ1) is 10.4. The summed E-state index contributed by atoms with van der Waals surface area (Å²) in [6, 6.07) is -1.14. The molecule has 0 aromatic heterocycles. The first kappa shape index (κ1) is 23.9. The molecule has 0 heterocycles. The van der Waals surface area contributed by atoms with Crippen LogP contribution in [0, 0.1) is 0 Å². The lowest BCUT2D eigenvalue weighted by Crippen LogP contribution is -2.43. The van der Waals surface area contributed by atoms with Gasteiger partial charge in [-0.3, -0.25) is 0 Å². The maximum atomic E-state index is 10.8. The summed E-state index contributed by atoms with van der Waals surface area (Å²) in [7, 11) is 5.94. The van der Waals surface area contributed by atoms with Gasteiger partial charge in [-0.15, -0.1) is 0 Å². The molecular weight excluding hydrogens is 292 g/mol. The first-order valence-corrected chi connectivity index (χ1v) is 5.80. The minimum atomic E-state index is -0.514. The zero-order valence-corrected chi connectivity index (χ0v) is 13.1. The second kappa shape index (κ2) is 17.9. The third kappa shape index (κ3) is 16.9.